The normalized spacial score (nSPS) is 24.2. The van der Waals surface area contributed by atoms with Gasteiger partial charge in [-0.15, -0.1) is 11.3 Å². The first-order valence-corrected chi connectivity index (χ1v) is 14.4. The summed E-state index contributed by atoms with van der Waals surface area (Å²) >= 11 is 1.20. The number of hydrogen-bond donors (Lipinski definition) is 2. The summed E-state index contributed by atoms with van der Waals surface area (Å²) < 4.78 is 38.1. The van der Waals surface area contributed by atoms with Crippen molar-refractivity contribution in [2.75, 3.05) is 32.0 Å². The molecule has 39 heavy (non-hydrogen) atoms. The zero-order chi connectivity index (χ0) is 28.0. The van der Waals surface area contributed by atoms with Crippen molar-refractivity contribution in [2.45, 2.75) is 47.1 Å². The molecule has 9 heteroatoms. The third-order valence-corrected chi connectivity index (χ3v) is 9.17. The molecule has 0 bridgehead atoms. The molecule has 2 aromatic rings. The topological polar surface area (TPSA) is 86.7 Å². The molecule has 0 amide bonds. The molecule has 3 atom stereocenters. The summed E-state index contributed by atoms with van der Waals surface area (Å²) in [6.45, 7) is 13.2. The van der Waals surface area contributed by atoms with E-state index in [9.17, 15) is 5.26 Å². The number of ether oxygens (including phenoxy) is 1. The predicted octanol–water partition coefficient (Wildman–Crippen LogP) is 6.37. The Kier molecular flexibility index (Phi) is 7.53. The van der Waals surface area contributed by atoms with Crippen LogP contribution in [0.4, 0.5) is 13.8 Å². The average molecular weight is 552 g/mol. The standard InChI is InChI=1S/C25H23F2N5OS.C5H12/c1-11-7-32(8-12(11)2)25-30-6-14-15-9-33-10-16(15)20(22(27)23(14)31-25)21-17(26)3-4-18-19(21)13(5-28)24(29)34-18;1-4-5(2)3/h3-4,6,11-12,23H,7-10,29H2,1-2H3,(H,30,31);5H,4H2,1-3H3. The predicted molar refractivity (Wildman–Crippen MR) is 154 cm³/mol. The number of nitrogen functional groups attached to an aromatic ring is 1. The van der Waals surface area contributed by atoms with Crippen molar-refractivity contribution >= 4 is 38.0 Å². The van der Waals surface area contributed by atoms with Gasteiger partial charge in [-0.05, 0) is 41.0 Å². The monoisotopic (exact) mass is 551 g/mol. The summed E-state index contributed by atoms with van der Waals surface area (Å²) in [4.78, 5) is 6.90. The molecule has 0 saturated carbocycles. The molecule has 3 N–H and O–H groups in total. The van der Waals surface area contributed by atoms with Crippen molar-refractivity contribution in [1.29, 1.82) is 5.26 Å². The van der Waals surface area contributed by atoms with E-state index in [1.807, 2.05) is 0 Å². The Hall–Kier alpha value is -3.22. The van der Waals surface area contributed by atoms with Gasteiger partial charge in [0.1, 0.15) is 28.8 Å². The molecule has 3 unspecified atom stereocenters. The van der Waals surface area contributed by atoms with Crippen LogP contribution in [0.2, 0.25) is 0 Å². The minimum absolute atomic E-state index is 0.0650. The number of nitrogens with one attached hydrogen (secondary N) is 1. The van der Waals surface area contributed by atoms with Crippen LogP contribution in [-0.2, 0) is 4.74 Å². The van der Waals surface area contributed by atoms with Gasteiger partial charge in [-0.2, -0.15) is 5.26 Å². The largest absolute Gasteiger partial charge is 0.389 e. The van der Waals surface area contributed by atoms with Gasteiger partial charge in [0, 0.05) is 46.1 Å². The fraction of sp³-hybridized carbons (Fsp3) is 0.467. The van der Waals surface area contributed by atoms with Crippen molar-refractivity contribution in [3.8, 4) is 6.07 Å². The van der Waals surface area contributed by atoms with Gasteiger partial charge in [0.15, 0.2) is 5.96 Å². The first-order valence-electron chi connectivity index (χ1n) is 13.6. The lowest BCUT2D eigenvalue weighted by Gasteiger charge is -2.32. The highest BCUT2D eigenvalue weighted by atomic mass is 32.1. The summed E-state index contributed by atoms with van der Waals surface area (Å²) in [6, 6.07) is 4.07. The Morgan fingerprint density at radius 2 is 1.87 bits per heavy atom. The lowest BCUT2D eigenvalue weighted by molar-refractivity contribution is 0.207. The fourth-order valence-corrected chi connectivity index (χ4v) is 6.30. The molecular formula is C30H35F2N5OS. The first kappa shape index (κ1) is 27.4. The summed E-state index contributed by atoms with van der Waals surface area (Å²) in [5.41, 5.74) is 8.55. The second-order valence-corrected chi connectivity index (χ2v) is 12.3. The van der Waals surface area contributed by atoms with Crippen molar-refractivity contribution < 1.29 is 13.5 Å². The second-order valence-electron chi connectivity index (χ2n) is 11.2. The molecule has 1 saturated heterocycles. The second kappa shape index (κ2) is 10.7. The summed E-state index contributed by atoms with van der Waals surface area (Å²) in [7, 11) is 0. The van der Waals surface area contributed by atoms with E-state index in [0.717, 1.165) is 24.6 Å². The molecule has 6 rings (SSSR count). The lowest BCUT2D eigenvalue weighted by Crippen LogP contribution is -2.42. The molecule has 3 aliphatic heterocycles. The van der Waals surface area contributed by atoms with E-state index in [1.54, 1.807) is 12.3 Å². The van der Waals surface area contributed by atoms with Gasteiger partial charge >= 0.3 is 0 Å². The lowest BCUT2D eigenvalue weighted by atomic mass is 9.81. The van der Waals surface area contributed by atoms with E-state index in [1.165, 1.54) is 23.8 Å². The van der Waals surface area contributed by atoms with Crippen LogP contribution in [0.5, 0.6) is 0 Å². The number of aliphatic imine (C=N–C) groups is 1. The number of nitrogens with zero attached hydrogens (tertiary/aromatic N) is 3. The molecular weight excluding hydrogens is 516 g/mol. The van der Waals surface area contributed by atoms with Crippen LogP contribution in [0.15, 0.2) is 45.9 Å². The van der Waals surface area contributed by atoms with E-state index in [0.29, 0.717) is 45.6 Å². The molecule has 0 radical (unpaired) electrons. The molecule has 1 aliphatic carbocycles. The fourth-order valence-electron chi connectivity index (χ4n) is 5.37. The Balaban J connectivity index is 0.000000567. The van der Waals surface area contributed by atoms with E-state index in [2.05, 4.69) is 50.9 Å². The zero-order valence-electron chi connectivity index (χ0n) is 23.1. The number of anilines is 1. The molecule has 206 valence electrons. The Labute approximate surface area is 232 Å². The number of halogens is 2. The molecule has 4 heterocycles. The number of nitrogens with two attached hydrogens (primary N) is 1. The molecule has 1 aromatic heterocycles. The van der Waals surface area contributed by atoms with Crippen molar-refractivity contribution in [3.05, 3.63) is 57.8 Å². The quantitative estimate of drug-likeness (QED) is 0.453. The van der Waals surface area contributed by atoms with E-state index < -0.39 is 17.7 Å². The number of likely N-dealkylation sites (tertiary alicyclic amines) is 1. The Bertz CT molecular complexity index is 1470. The highest BCUT2D eigenvalue weighted by molar-refractivity contribution is 7.23. The van der Waals surface area contributed by atoms with Gasteiger partial charge in [0.2, 0.25) is 0 Å². The third-order valence-electron chi connectivity index (χ3n) is 8.19. The number of guanidine groups is 1. The van der Waals surface area contributed by atoms with E-state index >= 15 is 8.78 Å². The van der Waals surface area contributed by atoms with Crippen molar-refractivity contribution in [2.24, 2.45) is 22.7 Å². The van der Waals surface area contributed by atoms with Crippen molar-refractivity contribution in [1.82, 2.24) is 10.2 Å². The van der Waals surface area contributed by atoms with Gasteiger partial charge in [0.05, 0.1) is 18.8 Å². The Morgan fingerprint density at radius 3 is 2.51 bits per heavy atom. The van der Waals surface area contributed by atoms with Crippen LogP contribution in [-0.4, -0.2) is 43.2 Å². The van der Waals surface area contributed by atoms with E-state index in [4.69, 9.17) is 15.5 Å². The minimum atomic E-state index is -0.894. The third kappa shape index (κ3) is 4.74. The summed E-state index contributed by atoms with van der Waals surface area (Å²) in [5, 5.41) is 13.6. The molecule has 0 spiro atoms. The van der Waals surface area contributed by atoms with Gasteiger partial charge in [-0.3, -0.25) is 0 Å². The number of fused-ring (bicyclic) bond motifs is 3. The summed E-state index contributed by atoms with van der Waals surface area (Å²) in [6.07, 6.45) is 3.11. The minimum Gasteiger partial charge on any atom is -0.389 e. The number of rotatable bonds is 2. The Morgan fingerprint density at radius 1 is 1.21 bits per heavy atom. The van der Waals surface area contributed by atoms with Crippen LogP contribution in [0, 0.1) is 34.9 Å². The van der Waals surface area contributed by atoms with Gasteiger partial charge in [-0.25, -0.2) is 13.8 Å². The summed E-state index contributed by atoms with van der Waals surface area (Å²) in [5.74, 6) is 1.40. The molecule has 1 fully saturated rings. The number of thiophene rings is 1. The maximum atomic E-state index is 16.4. The van der Waals surface area contributed by atoms with E-state index in [-0.39, 0.29) is 28.3 Å². The highest BCUT2D eigenvalue weighted by Crippen LogP contribution is 2.49. The van der Waals surface area contributed by atoms with Gasteiger partial charge < -0.3 is 20.7 Å². The first-order chi connectivity index (χ1) is 18.7. The smallest absolute Gasteiger partial charge is 0.199 e. The average Bonchev–Trinajstić information content (AvgIpc) is 3.62. The van der Waals surface area contributed by atoms with Crippen LogP contribution >= 0.6 is 11.3 Å². The molecule has 6 nitrogen and oxygen atoms in total. The SMILES string of the molecule is CC1CN(C2=NC3C(=CN2)C2=C(COC2)C(c2c(F)ccc4sc(N)c(C#N)c24)=C3F)CC1C.CCC(C)C. The van der Waals surface area contributed by atoms with Crippen molar-refractivity contribution in [3.63, 3.8) is 0 Å². The number of nitriles is 1. The van der Waals surface area contributed by atoms with Gasteiger partial charge in [0.25, 0.3) is 0 Å². The van der Waals surface area contributed by atoms with Gasteiger partial charge in [-0.1, -0.05) is 41.0 Å². The van der Waals surface area contributed by atoms with Crippen LogP contribution in [0.3, 0.4) is 0 Å². The number of hydrogen-bond acceptors (Lipinski definition) is 7. The maximum Gasteiger partial charge on any atom is 0.199 e. The van der Waals surface area contributed by atoms with Crippen LogP contribution in [0.25, 0.3) is 15.7 Å². The van der Waals surface area contributed by atoms with Crippen LogP contribution in [0.1, 0.15) is 52.2 Å². The highest BCUT2D eigenvalue weighted by Gasteiger charge is 2.41. The number of benzene rings is 1. The van der Waals surface area contributed by atoms with Crippen LogP contribution < -0.4 is 11.1 Å². The molecule has 4 aliphatic rings. The zero-order valence-corrected chi connectivity index (χ0v) is 23.9. The maximum absolute atomic E-state index is 16.4. The molecule has 1 aromatic carbocycles.